The Kier molecular flexibility index (Phi) is 11.1. The second-order valence-electron chi connectivity index (χ2n) is 11.7. The van der Waals surface area contributed by atoms with Gasteiger partial charge in [0.25, 0.3) is 0 Å². The van der Waals surface area contributed by atoms with Crippen LogP contribution in [0, 0.1) is 23.7 Å². The number of carbonyl (C=O) groups excluding carboxylic acids is 1. The normalized spacial score (nSPS) is 34.6. The van der Waals surface area contributed by atoms with Crippen molar-refractivity contribution in [2.24, 2.45) is 29.4 Å². The van der Waals surface area contributed by atoms with Crippen LogP contribution >= 0.6 is 0 Å². The van der Waals surface area contributed by atoms with Gasteiger partial charge in [-0.05, 0) is 57.3 Å². The Bertz CT molecular complexity index is 930. The van der Waals surface area contributed by atoms with E-state index in [4.69, 9.17) is 5.73 Å². The fourth-order valence-corrected chi connectivity index (χ4v) is 8.91. The number of hydrogen-bond acceptors (Lipinski definition) is 4. The Morgan fingerprint density at radius 1 is 1.08 bits per heavy atom. The smallest absolute Gasteiger partial charge is 0.352 e. The van der Waals surface area contributed by atoms with E-state index in [1.807, 2.05) is 13.8 Å². The number of halogens is 4. The van der Waals surface area contributed by atoms with Crippen LogP contribution in [-0.2, 0) is 14.8 Å². The van der Waals surface area contributed by atoms with Crippen LogP contribution in [0.5, 0.6) is 0 Å². The minimum atomic E-state index is -4.42. The molecule has 0 saturated heterocycles. The number of nitrogens with two attached hydrogens (primary N) is 1. The van der Waals surface area contributed by atoms with Crippen molar-refractivity contribution >= 4 is 21.6 Å². The van der Waals surface area contributed by atoms with Gasteiger partial charge in [-0.2, -0.15) is 21.6 Å². The van der Waals surface area contributed by atoms with Gasteiger partial charge in [0, 0.05) is 25.4 Å². The number of unbranched alkanes of at least 4 members (excludes halogenated alkanes) is 2. The number of rotatable bonds is 9. The summed E-state index contributed by atoms with van der Waals surface area (Å²) in [6.45, 7) is 4.31. The van der Waals surface area contributed by atoms with E-state index in [9.17, 15) is 30.8 Å². The van der Waals surface area contributed by atoms with E-state index in [2.05, 4.69) is 5.32 Å². The Balaban J connectivity index is 1.89. The number of nitrogens with zero attached hydrogens (tertiary/aromatic N) is 1. The van der Waals surface area contributed by atoms with Crippen molar-refractivity contribution in [2.45, 2.75) is 121 Å². The lowest BCUT2D eigenvalue weighted by Gasteiger charge is -2.34. The molecule has 1 amide bonds. The summed E-state index contributed by atoms with van der Waals surface area (Å²) in [7, 11) is -4.06. The molecule has 7 unspecified atom stereocenters. The number of nitrogens with one attached hydrogen (secondary N) is 1. The molecular formula is C27H46F4N3O3S+. The average Bonchev–Trinajstić information content (AvgIpc) is 2.86. The molecule has 3 saturated carbocycles. The lowest BCUT2D eigenvalue weighted by atomic mass is 9.78. The van der Waals surface area contributed by atoms with Gasteiger partial charge in [0.2, 0.25) is 5.91 Å². The Hall–Kier alpha value is -1.23. The van der Waals surface area contributed by atoms with Crippen molar-refractivity contribution in [2.75, 3.05) is 13.1 Å². The van der Waals surface area contributed by atoms with E-state index >= 15 is 0 Å². The van der Waals surface area contributed by atoms with E-state index in [0.717, 1.165) is 25.7 Å². The molecule has 3 aliphatic carbocycles. The first-order valence-electron chi connectivity index (χ1n) is 14.5. The van der Waals surface area contributed by atoms with Gasteiger partial charge < -0.3 is 11.1 Å². The maximum Gasteiger partial charge on any atom is 0.391 e. The Labute approximate surface area is 225 Å². The van der Waals surface area contributed by atoms with Gasteiger partial charge in [-0.15, -0.1) is 3.98 Å². The van der Waals surface area contributed by atoms with Gasteiger partial charge in [0.05, 0.1) is 17.8 Å². The zero-order valence-electron chi connectivity index (χ0n) is 22.8. The molecule has 0 aromatic carbocycles. The van der Waals surface area contributed by atoms with Crippen LogP contribution in [0.3, 0.4) is 0 Å². The van der Waals surface area contributed by atoms with Gasteiger partial charge >= 0.3 is 16.2 Å². The minimum Gasteiger partial charge on any atom is -0.352 e. The lowest BCUT2D eigenvalue weighted by molar-refractivity contribution is -0.374. The summed E-state index contributed by atoms with van der Waals surface area (Å²) < 4.78 is 84.4. The largest absolute Gasteiger partial charge is 0.391 e. The molecule has 38 heavy (non-hydrogen) atoms. The van der Waals surface area contributed by atoms with Gasteiger partial charge in [-0.3, -0.25) is 4.79 Å². The number of sulfonamides is 1. The summed E-state index contributed by atoms with van der Waals surface area (Å²) in [6, 6.07) is -0.361. The van der Waals surface area contributed by atoms with Crippen molar-refractivity contribution in [1.82, 2.24) is 5.32 Å². The summed E-state index contributed by atoms with van der Waals surface area (Å²) in [6.07, 6.45) is -0.0824. The van der Waals surface area contributed by atoms with E-state index in [0.29, 0.717) is 31.4 Å². The first-order valence-corrected chi connectivity index (χ1v) is 16.0. The maximum absolute atomic E-state index is 14.6. The van der Waals surface area contributed by atoms with Crippen LogP contribution in [0.15, 0.2) is 0 Å². The van der Waals surface area contributed by atoms with Crippen LogP contribution in [-0.4, -0.2) is 60.7 Å². The van der Waals surface area contributed by atoms with Crippen molar-refractivity contribution in [3.05, 3.63) is 0 Å². The third kappa shape index (κ3) is 7.49. The first-order chi connectivity index (χ1) is 17.9. The molecule has 3 fully saturated rings. The van der Waals surface area contributed by atoms with E-state index < -0.39 is 45.9 Å². The quantitative estimate of drug-likeness (QED) is 0.230. The molecule has 0 radical (unpaired) electrons. The van der Waals surface area contributed by atoms with Crippen LogP contribution in [0.1, 0.15) is 97.3 Å². The molecule has 11 heteroatoms. The second kappa shape index (κ2) is 13.4. The highest BCUT2D eigenvalue weighted by Crippen LogP contribution is 2.40. The SMILES string of the molecule is CCCCC[N+](=C1CC(NC(=O)C2C(C)CCCC2F)CCC1CN)S(=O)(=O)C1CCCC(C(F)(F)F)C1. The zero-order valence-corrected chi connectivity index (χ0v) is 23.6. The monoisotopic (exact) mass is 568 g/mol. The van der Waals surface area contributed by atoms with Crippen molar-refractivity contribution in [3.8, 4) is 0 Å². The summed E-state index contributed by atoms with van der Waals surface area (Å²) in [4.78, 5) is 13.1. The molecule has 220 valence electrons. The minimum absolute atomic E-state index is 0.0450. The van der Waals surface area contributed by atoms with Crippen molar-refractivity contribution in [1.29, 1.82) is 0 Å². The molecule has 3 rings (SSSR count). The summed E-state index contributed by atoms with van der Waals surface area (Å²) in [5, 5.41) is 1.90. The number of alkyl halides is 4. The second-order valence-corrected chi connectivity index (χ2v) is 13.8. The molecule has 0 aliphatic heterocycles. The van der Waals surface area contributed by atoms with Crippen LogP contribution in [0.25, 0.3) is 0 Å². The molecule has 0 spiro atoms. The molecule has 0 aromatic rings. The zero-order chi connectivity index (χ0) is 28.1. The highest BCUT2D eigenvalue weighted by atomic mass is 32.2. The average molecular weight is 569 g/mol. The number of carbonyl (C=O) groups is 1. The molecular weight excluding hydrogens is 522 g/mol. The van der Waals surface area contributed by atoms with Gasteiger partial charge in [-0.1, -0.05) is 33.1 Å². The topological polar surface area (TPSA) is 92.3 Å². The van der Waals surface area contributed by atoms with E-state index in [1.165, 1.54) is 3.98 Å². The molecule has 6 nitrogen and oxygen atoms in total. The van der Waals surface area contributed by atoms with Crippen LogP contribution < -0.4 is 11.1 Å². The third-order valence-corrected chi connectivity index (χ3v) is 11.3. The molecule has 3 aliphatic rings. The number of hydrogen-bond donors (Lipinski definition) is 2. The molecule has 0 heterocycles. The van der Waals surface area contributed by atoms with E-state index in [-0.39, 0.29) is 62.6 Å². The lowest BCUT2D eigenvalue weighted by Crippen LogP contribution is -2.51. The predicted octanol–water partition coefficient (Wildman–Crippen LogP) is 5.10. The molecule has 3 N–H and O–H groups in total. The van der Waals surface area contributed by atoms with Crippen molar-refractivity contribution in [3.63, 3.8) is 0 Å². The van der Waals surface area contributed by atoms with E-state index in [1.54, 1.807) is 0 Å². The Morgan fingerprint density at radius 2 is 1.79 bits per heavy atom. The first kappa shape index (κ1) is 31.3. The third-order valence-electron chi connectivity index (χ3n) is 8.97. The highest BCUT2D eigenvalue weighted by molar-refractivity contribution is 7.86. The van der Waals surface area contributed by atoms with Gasteiger partial charge in [0.1, 0.15) is 11.4 Å². The summed E-state index contributed by atoms with van der Waals surface area (Å²) in [5.74, 6) is -2.97. The van der Waals surface area contributed by atoms with Gasteiger partial charge in [-0.25, -0.2) is 4.39 Å². The highest BCUT2D eigenvalue weighted by Gasteiger charge is 2.49. The standard InChI is InChI=1S/C27H45F4N3O3S/c1-3-4-5-14-34(38(36,37)22-10-7-9-20(15-22)27(29,30)31)24-16-21(13-12-19(24)17-32)33-26(35)25-18(2)8-6-11-23(25)28/h18-23,25H,3-17,32H2,1-2H3/p+1. The molecule has 0 aromatic heterocycles. The fourth-order valence-electron chi connectivity index (χ4n) is 6.68. The van der Waals surface area contributed by atoms with Gasteiger partial charge in [0.15, 0.2) is 12.3 Å². The molecule has 7 atom stereocenters. The molecule has 0 bridgehead atoms. The summed E-state index contributed by atoms with van der Waals surface area (Å²) >= 11 is 0. The summed E-state index contributed by atoms with van der Waals surface area (Å²) in [5.41, 5.74) is 6.65. The van der Waals surface area contributed by atoms with Crippen molar-refractivity contribution < 1.29 is 34.8 Å². The predicted molar refractivity (Wildman–Crippen MR) is 140 cm³/mol. The fraction of sp³-hybridized carbons (Fsp3) is 0.926. The van der Waals surface area contributed by atoms with Crippen LogP contribution in [0.4, 0.5) is 17.6 Å². The van der Waals surface area contributed by atoms with Crippen LogP contribution in [0.2, 0.25) is 0 Å². The Morgan fingerprint density at radius 3 is 2.42 bits per heavy atom. The maximum atomic E-state index is 14.6. The number of amides is 1.